The molecule has 0 saturated heterocycles. The van der Waals surface area contributed by atoms with Gasteiger partial charge < -0.3 is 5.32 Å². The van der Waals surface area contributed by atoms with Gasteiger partial charge in [0.15, 0.2) is 0 Å². The van der Waals surface area contributed by atoms with Crippen molar-refractivity contribution >= 4 is 55.2 Å². The Hall–Kier alpha value is -1.23. The molecule has 2 aromatic rings. The summed E-state index contributed by atoms with van der Waals surface area (Å²) in [5.41, 5.74) is 0.695. The maximum absolute atomic E-state index is 11.4. The van der Waals surface area contributed by atoms with Crippen molar-refractivity contribution in [1.29, 1.82) is 0 Å². The van der Waals surface area contributed by atoms with Crippen molar-refractivity contribution < 1.29 is 17.8 Å². The largest absolute Gasteiger partial charge is 0.382 e. The van der Waals surface area contributed by atoms with E-state index in [0.717, 1.165) is 0 Å². The van der Waals surface area contributed by atoms with Crippen LogP contribution in [0.1, 0.15) is 6.92 Å². The van der Waals surface area contributed by atoms with Gasteiger partial charge in [0.1, 0.15) is 10.7 Å². The number of ketones is 1. The molecule has 0 aliphatic rings. The van der Waals surface area contributed by atoms with Gasteiger partial charge in [0.2, 0.25) is 0 Å². The van der Waals surface area contributed by atoms with Crippen molar-refractivity contribution in [1.82, 2.24) is 3.53 Å². The normalized spacial score (nSPS) is 13.0. The molecule has 2 aromatic carbocycles. The van der Waals surface area contributed by atoms with Crippen LogP contribution in [-0.4, -0.2) is 31.3 Å². The average Bonchev–Trinajstić information content (AvgIpc) is 2.46. The van der Waals surface area contributed by atoms with Gasteiger partial charge in [-0.15, -0.1) is 0 Å². The van der Waals surface area contributed by atoms with Crippen LogP contribution >= 0.6 is 22.9 Å². The van der Waals surface area contributed by atoms with Crippen molar-refractivity contribution in [3.63, 3.8) is 0 Å². The van der Waals surface area contributed by atoms with Gasteiger partial charge in [-0.25, -0.2) is 3.53 Å². The first kappa shape index (κ1) is 17.1. The van der Waals surface area contributed by atoms with E-state index in [0.29, 0.717) is 23.0 Å². The van der Waals surface area contributed by atoms with E-state index in [9.17, 15) is 17.8 Å². The van der Waals surface area contributed by atoms with Crippen molar-refractivity contribution in [3.8, 4) is 0 Å². The first-order valence-electron chi connectivity index (χ1n) is 6.44. The minimum Gasteiger partial charge on any atom is -0.382 e. The summed E-state index contributed by atoms with van der Waals surface area (Å²) >= 11 is 1.92. The molecule has 0 spiro atoms. The zero-order valence-corrected chi connectivity index (χ0v) is 14.7. The Bertz CT molecular complexity index is 808. The van der Waals surface area contributed by atoms with E-state index in [4.69, 9.17) is 0 Å². The molecule has 0 saturated carbocycles. The van der Waals surface area contributed by atoms with E-state index in [1.807, 2.05) is 22.9 Å². The molecule has 6 nitrogen and oxygen atoms in total. The molecule has 0 fully saturated rings. The van der Waals surface area contributed by atoms with Gasteiger partial charge in [0.05, 0.1) is 6.04 Å². The fourth-order valence-electron chi connectivity index (χ4n) is 2.13. The molecule has 0 aliphatic heterocycles. The third-order valence-corrected chi connectivity index (χ3v) is 4.94. The number of Topliss-reactive ketones (excluding diaryl/α,β-unsaturated/α-hetero) is 1. The predicted molar refractivity (Wildman–Crippen MR) is 93.9 cm³/mol. The molecule has 0 heterocycles. The van der Waals surface area contributed by atoms with Crippen LogP contribution in [0.4, 0.5) is 5.69 Å². The predicted octanol–water partition coefficient (Wildman–Crippen LogP) is 2.40. The van der Waals surface area contributed by atoms with Gasteiger partial charge >= 0.3 is 0 Å². The zero-order chi connectivity index (χ0) is 16.3. The second-order valence-electron chi connectivity index (χ2n) is 4.79. The molecule has 0 amide bonds. The fraction of sp³-hybridized carbons (Fsp3) is 0.214. The summed E-state index contributed by atoms with van der Waals surface area (Å²) in [6.07, 6.45) is 0. The first-order chi connectivity index (χ1) is 10.3. The van der Waals surface area contributed by atoms with E-state index in [2.05, 4.69) is 8.85 Å². The monoisotopic (exact) mass is 434 g/mol. The quantitative estimate of drug-likeness (QED) is 0.367. The lowest BCUT2D eigenvalue weighted by atomic mass is 10.1. The number of carbonyl (C=O) groups is 1. The first-order valence-corrected chi connectivity index (χ1v) is 8.96. The van der Waals surface area contributed by atoms with Gasteiger partial charge in [0.25, 0.3) is 10.1 Å². The number of hydrogen-bond acceptors (Lipinski definition) is 5. The summed E-state index contributed by atoms with van der Waals surface area (Å²) in [4.78, 5) is 11.3. The van der Waals surface area contributed by atoms with Crippen LogP contribution in [0.25, 0.3) is 10.8 Å². The van der Waals surface area contributed by atoms with Gasteiger partial charge in [-0.1, -0.05) is 24.3 Å². The third-order valence-electron chi connectivity index (χ3n) is 3.28. The van der Waals surface area contributed by atoms with E-state index >= 15 is 0 Å². The minimum atomic E-state index is -4.29. The number of benzene rings is 2. The second-order valence-corrected chi connectivity index (χ2v) is 6.80. The standard InChI is InChI=1S/C14H15IN2O4S/c1-9(18)13(17-15)8-16-12-6-2-5-11-10(12)4-3-7-14(11)22(19,20)21/h2-7,13,16-17H,8H2,1H3,(H,19,20,21). The van der Waals surface area contributed by atoms with Gasteiger partial charge in [-0.2, -0.15) is 8.42 Å². The maximum Gasteiger partial charge on any atom is 0.295 e. The van der Waals surface area contributed by atoms with Crippen LogP contribution < -0.4 is 8.85 Å². The second kappa shape index (κ2) is 6.90. The molecule has 0 aromatic heterocycles. The third kappa shape index (κ3) is 3.75. The van der Waals surface area contributed by atoms with Crippen LogP contribution in [-0.2, 0) is 14.9 Å². The average molecular weight is 434 g/mol. The Morgan fingerprint density at radius 3 is 2.45 bits per heavy atom. The van der Waals surface area contributed by atoms with E-state index in [-0.39, 0.29) is 16.7 Å². The fourth-order valence-corrected chi connectivity index (χ4v) is 3.50. The Morgan fingerprint density at radius 1 is 1.23 bits per heavy atom. The molecule has 0 bridgehead atoms. The number of anilines is 1. The summed E-state index contributed by atoms with van der Waals surface area (Å²) in [7, 11) is -4.29. The lowest BCUT2D eigenvalue weighted by molar-refractivity contribution is -0.118. The van der Waals surface area contributed by atoms with Crippen molar-refractivity contribution in [2.24, 2.45) is 0 Å². The Labute approximate surface area is 142 Å². The molecule has 0 aliphatic carbocycles. The molecule has 118 valence electrons. The molecular weight excluding hydrogens is 419 g/mol. The summed E-state index contributed by atoms with van der Waals surface area (Å²) in [6, 6.07) is 9.44. The SMILES string of the molecule is CC(=O)C(CNc1cccc2c(S(=O)(=O)O)cccc12)NI. The molecule has 8 heteroatoms. The lowest BCUT2D eigenvalue weighted by Crippen LogP contribution is -2.35. The highest BCUT2D eigenvalue weighted by molar-refractivity contribution is 14.1. The zero-order valence-electron chi connectivity index (χ0n) is 11.7. The topological polar surface area (TPSA) is 95.5 Å². The van der Waals surface area contributed by atoms with E-state index in [1.165, 1.54) is 13.0 Å². The Kier molecular flexibility index (Phi) is 5.37. The number of rotatable bonds is 6. The van der Waals surface area contributed by atoms with Crippen LogP contribution in [0.2, 0.25) is 0 Å². The Balaban J connectivity index is 2.42. The summed E-state index contributed by atoms with van der Waals surface area (Å²) in [5.74, 6) is 0.000705. The molecule has 1 atom stereocenters. The highest BCUT2D eigenvalue weighted by Gasteiger charge is 2.16. The molecule has 0 radical (unpaired) electrons. The lowest BCUT2D eigenvalue weighted by Gasteiger charge is -2.15. The number of fused-ring (bicyclic) bond motifs is 1. The highest BCUT2D eigenvalue weighted by atomic mass is 127. The van der Waals surface area contributed by atoms with Crippen molar-refractivity contribution in [3.05, 3.63) is 36.4 Å². The van der Waals surface area contributed by atoms with Gasteiger partial charge in [-0.05, 0) is 19.1 Å². The maximum atomic E-state index is 11.4. The highest BCUT2D eigenvalue weighted by Crippen LogP contribution is 2.28. The number of hydrogen-bond donors (Lipinski definition) is 3. The van der Waals surface area contributed by atoms with E-state index in [1.54, 1.807) is 30.3 Å². The number of nitrogens with one attached hydrogen (secondary N) is 2. The number of carbonyl (C=O) groups excluding carboxylic acids is 1. The van der Waals surface area contributed by atoms with Crippen molar-refractivity contribution in [2.75, 3.05) is 11.9 Å². The minimum absolute atomic E-state index is 0.000705. The van der Waals surface area contributed by atoms with Gasteiger partial charge in [-0.3, -0.25) is 9.35 Å². The van der Waals surface area contributed by atoms with Crippen LogP contribution in [0.3, 0.4) is 0 Å². The molecule has 22 heavy (non-hydrogen) atoms. The smallest absolute Gasteiger partial charge is 0.295 e. The Morgan fingerprint density at radius 2 is 1.86 bits per heavy atom. The summed E-state index contributed by atoms with van der Waals surface area (Å²) < 4.78 is 35.1. The molecule has 1 unspecified atom stereocenters. The van der Waals surface area contributed by atoms with Crippen LogP contribution in [0, 0.1) is 0 Å². The van der Waals surface area contributed by atoms with E-state index < -0.39 is 10.1 Å². The summed E-state index contributed by atoms with van der Waals surface area (Å²) in [6.45, 7) is 1.87. The molecule has 3 N–H and O–H groups in total. The van der Waals surface area contributed by atoms with Crippen LogP contribution in [0.5, 0.6) is 0 Å². The van der Waals surface area contributed by atoms with Gasteiger partial charge in [0, 0.05) is 45.9 Å². The molecule has 2 rings (SSSR count). The van der Waals surface area contributed by atoms with Crippen molar-refractivity contribution in [2.45, 2.75) is 17.9 Å². The van der Waals surface area contributed by atoms with Crippen LogP contribution in [0.15, 0.2) is 41.3 Å². The molecular formula is C14H15IN2O4S. The number of halogens is 1. The summed E-state index contributed by atoms with van der Waals surface area (Å²) in [5, 5.41) is 4.22.